The summed E-state index contributed by atoms with van der Waals surface area (Å²) in [4.78, 5) is 20.9. The highest BCUT2D eigenvalue weighted by Crippen LogP contribution is 2.42. The molecule has 1 N–H and O–H groups in total. The van der Waals surface area contributed by atoms with Crippen LogP contribution < -0.4 is 5.32 Å². The number of rotatable bonds is 4. The molecule has 3 aromatic rings. The van der Waals surface area contributed by atoms with Crippen LogP contribution in [-0.2, 0) is 6.18 Å². The maximum atomic E-state index is 13.0. The molecule has 1 saturated carbocycles. The molecule has 11 heteroatoms. The van der Waals surface area contributed by atoms with Crippen molar-refractivity contribution in [1.82, 2.24) is 19.7 Å². The van der Waals surface area contributed by atoms with Crippen molar-refractivity contribution in [3.05, 3.63) is 51.9 Å². The highest BCUT2D eigenvalue weighted by atomic mass is 35.5. The Hall–Kier alpha value is -2.46. The van der Waals surface area contributed by atoms with Gasteiger partial charge in [-0.25, -0.2) is 14.6 Å². The number of hydrogen-bond acceptors (Lipinski definition) is 5. The minimum atomic E-state index is -4.50. The summed E-state index contributed by atoms with van der Waals surface area (Å²) in [6, 6.07) is 4.21. The van der Waals surface area contributed by atoms with Gasteiger partial charge in [0.2, 0.25) is 0 Å². The molecule has 3 aromatic heterocycles. The van der Waals surface area contributed by atoms with E-state index in [4.69, 9.17) is 0 Å². The van der Waals surface area contributed by atoms with Crippen LogP contribution in [0.5, 0.6) is 0 Å². The third-order valence-electron chi connectivity index (χ3n) is 4.20. The molecule has 0 spiro atoms. The second-order valence-corrected chi connectivity index (χ2v) is 7.12. The standard InChI is InChI=1S/C17H14F3N5OS.ClH/c1-9-15(27-8-22-9)16(26)23-11-4-5-14(21-7-11)25-12(10-2-3-10)6-13(24-25)17(18,19)20;/h4-8,10H,2-3H2,1H3,(H,23,26);1H. The van der Waals surface area contributed by atoms with Gasteiger partial charge in [-0.05, 0) is 38.0 Å². The number of aromatic nitrogens is 4. The molecule has 4 rings (SSSR count). The molecule has 1 aliphatic rings. The second kappa shape index (κ2) is 7.51. The predicted octanol–water partition coefficient (Wildman–Crippen LogP) is 4.60. The smallest absolute Gasteiger partial charge is 0.320 e. The monoisotopic (exact) mass is 429 g/mol. The molecular formula is C17H15ClF3N5OS. The topological polar surface area (TPSA) is 72.7 Å². The van der Waals surface area contributed by atoms with Gasteiger partial charge in [0.15, 0.2) is 11.5 Å². The molecule has 148 valence electrons. The molecule has 3 heterocycles. The van der Waals surface area contributed by atoms with Crippen LogP contribution >= 0.6 is 23.7 Å². The van der Waals surface area contributed by atoms with Crippen LogP contribution in [0.15, 0.2) is 29.9 Å². The van der Waals surface area contributed by atoms with Crippen LogP contribution in [0.1, 0.15) is 45.5 Å². The fraction of sp³-hybridized carbons (Fsp3) is 0.294. The van der Waals surface area contributed by atoms with E-state index in [0.29, 0.717) is 22.0 Å². The first-order chi connectivity index (χ1) is 12.8. The van der Waals surface area contributed by atoms with Gasteiger partial charge in [0.05, 0.1) is 23.1 Å². The van der Waals surface area contributed by atoms with Gasteiger partial charge in [0, 0.05) is 11.6 Å². The van der Waals surface area contributed by atoms with Gasteiger partial charge in [-0.15, -0.1) is 23.7 Å². The molecule has 0 atom stereocenters. The number of carbonyl (C=O) groups is 1. The Labute approximate surface area is 168 Å². The molecule has 1 amide bonds. The van der Waals surface area contributed by atoms with E-state index in [0.717, 1.165) is 18.9 Å². The number of amides is 1. The summed E-state index contributed by atoms with van der Waals surface area (Å²) in [6.07, 6.45) is -1.43. The molecule has 0 aliphatic heterocycles. The molecule has 0 aromatic carbocycles. The van der Waals surface area contributed by atoms with Crippen LogP contribution in [0.2, 0.25) is 0 Å². The average molecular weight is 430 g/mol. The summed E-state index contributed by atoms with van der Waals surface area (Å²) in [6.45, 7) is 1.74. The van der Waals surface area contributed by atoms with Gasteiger partial charge in [-0.3, -0.25) is 4.79 Å². The van der Waals surface area contributed by atoms with Crippen molar-refractivity contribution in [3.8, 4) is 5.82 Å². The summed E-state index contributed by atoms with van der Waals surface area (Å²) in [7, 11) is 0. The Bertz CT molecular complexity index is 995. The fourth-order valence-electron chi connectivity index (χ4n) is 2.68. The SMILES string of the molecule is Cc1ncsc1C(=O)Nc1ccc(-n2nc(C(F)(F)F)cc2C2CC2)nc1.Cl. The summed E-state index contributed by atoms with van der Waals surface area (Å²) in [5.41, 5.74) is 2.23. The minimum Gasteiger partial charge on any atom is -0.320 e. The third-order valence-corrected chi connectivity index (χ3v) is 5.12. The maximum Gasteiger partial charge on any atom is 0.435 e. The molecule has 28 heavy (non-hydrogen) atoms. The average Bonchev–Trinajstić information content (AvgIpc) is 3.20. The van der Waals surface area contributed by atoms with E-state index >= 15 is 0 Å². The third kappa shape index (κ3) is 4.02. The molecule has 0 bridgehead atoms. The molecule has 0 radical (unpaired) electrons. The lowest BCUT2D eigenvalue weighted by Gasteiger charge is -2.08. The van der Waals surface area contributed by atoms with Crippen LogP contribution in [0.3, 0.4) is 0 Å². The van der Waals surface area contributed by atoms with Crippen molar-refractivity contribution in [2.75, 3.05) is 5.32 Å². The molecule has 1 fully saturated rings. The summed E-state index contributed by atoms with van der Waals surface area (Å²) >= 11 is 1.23. The Morgan fingerprint density at radius 2 is 2.04 bits per heavy atom. The van der Waals surface area contributed by atoms with E-state index in [2.05, 4.69) is 20.4 Å². The molecule has 1 aliphatic carbocycles. The highest BCUT2D eigenvalue weighted by molar-refractivity contribution is 7.12. The molecule has 6 nitrogen and oxygen atoms in total. The number of alkyl halides is 3. The number of anilines is 1. The first-order valence-electron chi connectivity index (χ1n) is 8.18. The number of nitrogens with one attached hydrogen (secondary N) is 1. The van der Waals surface area contributed by atoms with Gasteiger partial charge in [0.1, 0.15) is 4.88 Å². The zero-order valence-corrected chi connectivity index (χ0v) is 16.2. The van der Waals surface area contributed by atoms with Gasteiger partial charge in [-0.1, -0.05) is 0 Å². The van der Waals surface area contributed by atoms with Crippen LogP contribution in [0.4, 0.5) is 18.9 Å². The van der Waals surface area contributed by atoms with E-state index in [9.17, 15) is 18.0 Å². The zero-order chi connectivity index (χ0) is 19.2. The molecule has 0 unspecified atom stereocenters. The minimum absolute atomic E-state index is 0. The Morgan fingerprint density at radius 3 is 2.57 bits per heavy atom. The Kier molecular flexibility index (Phi) is 5.44. The van der Waals surface area contributed by atoms with E-state index in [-0.39, 0.29) is 30.0 Å². The summed E-state index contributed by atoms with van der Waals surface area (Å²) in [5.74, 6) is 0.0464. The lowest BCUT2D eigenvalue weighted by molar-refractivity contribution is -0.141. The number of carbonyl (C=O) groups excluding carboxylic acids is 1. The van der Waals surface area contributed by atoms with Crippen LogP contribution in [-0.4, -0.2) is 25.7 Å². The largest absolute Gasteiger partial charge is 0.435 e. The van der Waals surface area contributed by atoms with Gasteiger partial charge in [0.25, 0.3) is 5.91 Å². The lowest BCUT2D eigenvalue weighted by Crippen LogP contribution is -2.12. The quantitative estimate of drug-likeness (QED) is 0.657. The van der Waals surface area contributed by atoms with Crippen LogP contribution in [0, 0.1) is 6.92 Å². The zero-order valence-electron chi connectivity index (χ0n) is 14.5. The lowest BCUT2D eigenvalue weighted by atomic mass is 10.2. The van der Waals surface area contributed by atoms with E-state index in [1.807, 2.05) is 0 Å². The second-order valence-electron chi connectivity index (χ2n) is 6.26. The number of thiazole rings is 1. The van der Waals surface area contributed by atoms with Crippen molar-refractivity contribution < 1.29 is 18.0 Å². The van der Waals surface area contributed by atoms with Gasteiger partial charge in [-0.2, -0.15) is 18.3 Å². The number of halogens is 4. The van der Waals surface area contributed by atoms with Crippen LogP contribution in [0.25, 0.3) is 5.82 Å². The Morgan fingerprint density at radius 1 is 1.29 bits per heavy atom. The van der Waals surface area contributed by atoms with Gasteiger partial charge >= 0.3 is 6.18 Å². The van der Waals surface area contributed by atoms with Crippen molar-refractivity contribution in [2.24, 2.45) is 0 Å². The predicted molar refractivity (Wildman–Crippen MR) is 100 cm³/mol. The van der Waals surface area contributed by atoms with Crippen molar-refractivity contribution >= 4 is 35.3 Å². The first-order valence-corrected chi connectivity index (χ1v) is 9.06. The summed E-state index contributed by atoms with van der Waals surface area (Å²) < 4.78 is 40.3. The van der Waals surface area contributed by atoms with E-state index in [1.165, 1.54) is 28.3 Å². The number of nitrogens with zero attached hydrogens (tertiary/aromatic N) is 4. The Balaban J connectivity index is 0.00000225. The van der Waals surface area contributed by atoms with Crippen molar-refractivity contribution in [3.63, 3.8) is 0 Å². The normalized spacial score (nSPS) is 13.9. The maximum absolute atomic E-state index is 13.0. The summed E-state index contributed by atoms with van der Waals surface area (Å²) in [5, 5.41) is 6.39. The number of hydrogen-bond donors (Lipinski definition) is 1. The molecular weight excluding hydrogens is 415 g/mol. The van der Waals surface area contributed by atoms with E-state index < -0.39 is 11.9 Å². The van der Waals surface area contributed by atoms with Gasteiger partial charge < -0.3 is 5.32 Å². The van der Waals surface area contributed by atoms with Crippen molar-refractivity contribution in [1.29, 1.82) is 0 Å². The number of aryl methyl sites for hydroxylation is 1. The first kappa shape index (κ1) is 20.3. The van der Waals surface area contributed by atoms with Crippen molar-refractivity contribution in [2.45, 2.75) is 31.9 Å². The number of pyridine rings is 1. The fourth-order valence-corrected chi connectivity index (χ4v) is 3.38. The molecule has 0 saturated heterocycles. The highest BCUT2D eigenvalue weighted by Gasteiger charge is 2.38. The van der Waals surface area contributed by atoms with E-state index in [1.54, 1.807) is 18.5 Å².